The monoisotopic (exact) mass is 256 g/mol. The van der Waals surface area contributed by atoms with Crippen LogP contribution in [0.4, 0.5) is 0 Å². The van der Waals surface area contributed by atoms with Crippen LogP contribution in [-0.4, -0.2) is 22.0 Å². The molecule has 0 atom stereocenters. The van der Waals surface area contributed by atoms with E-state index in [1.165, 1.54) is 12.2 Å². The fraction of sp³-hybridized carbons (Fsp3) is 0.929. The molecule has 0 aromatic heterocycles. The van der Waals surface area contributed by atoms with Gasteiger partial charge >= 0.3 is 0 Å². The molecule has 0 aromatic rings. The van der Waals surface area contributed by atoms with E-state index in [0.717, 1.165) is 11.6 Å². The van der Waals surface area contributed by atoms with Crippen molar-refractivity contribution in [1.82, 2.24) is 5.32 Å². The summed E-state index contributed by atoms with van der Waals surface area (Å²) in [6.45, 7) is 15.8. The predicted molar refractivity (Wildman–Crippen MR) is 79.9 cm³/mol. The van der Waals surface area contributed by atoms with E-state index >= 15 is 0 Å². The van der Waals surface area contributed by atoms with Gasteiger partial charge in [0.15, 0.2) is 5.17 Å². The van der Waals surface area contributed by atoms with Crippen molar-refractivity contribution < 1.29 is 0 Å². The molecule has 0 amide bonds. The van der Waals surface area contributed by atoms with Crippen molar-refractivity contribution in [2.24, 2.45) is 10.4 Å². The highest BCUT2D eigenvalue weighted by Gasteiger charge is 2.29. The Hall–Kier alpha value is -0.180. The van der Waals surface area contributed by atoms with E-state index in [1.807, 2.05) is 11.8 Å². The van der Waals surface area contributed by atoms with Gasteiger partial charge in [0.25, 0.3) is 0 Å². The topological polar surface area (TPSA) is 24.4 Å². The van der Waals surface area contributed by atoms with E-state index in [-0.39, 0.29) is 11.1 Å². The Bertz CT molecular complexity index is 298. The standard InChI is InChI=1S/C14H28N2S/c1-12(2,3)10-14(6,7)16-11-15-13(4,5)8-9-17-11/h8-10H2,1-7H3,(H,15,16). The lowest BCUT2D eigenvalue weighted by atomic mass is 9.82. The van der Waals surface area contributed by atoms with E-state index in [1.54, 1.807) is 0 Å². The number of amidine groups is 1. The molecule has 1 aliphatic heterocycles. The molecule has 1 N–H and O–H groups in total. The van der Waals surface area contributed by atoms with Gasteiger partial charge in [0.05, 0.1) is 5.54 Å². The Balaban J connectivity index is 2.67. The van der Waals surface area contributed by atoms with Crippen molar-refractivity contribution in [1.29, 1.82) is 0 Å². The predicted octanol–water partition coefficient (Wildman–Crippen LogP) is 4.06. The average Bonchev–Trinajstić information content (AvgIpc) is 1.94. The van der Waals surface area contributed by atoms with Gasteiger partial charge in [0.1, 0.15) is 0 Å². The molecule has 0 bridgehead atoms. The Morgan fingerprint density at radius 3 is 2.29 bits per heavy atom. The first kappa shape index (κ1) is 14.9. The molecular weight excluding hydrogens is 228 g/mol. The summed E-state index contributed by atoms with van der Waals surface area (Å²) in [5, 5.41) is 4.74. The SMILES string of the molecule is CC(C)(C)CC(C)(C)NC1=NC(C)(C)CCS1. The van der Waals surface area contributed by atoms with Crippen LogP contribution in [0.2, 0.25) is 0 Å². The molecule has 0 fully saturated rings. The molecule has 1 heterocycles. The number of rotatable bonds is 2. The van der Waals surface area contributed by atoms with Crippen molar-refractivity contribution >= 4 is 16.9 Å². The summed E-state index contributed by atoms with van der Waals surface area (Å²) in [7, 11) is 0. The summed E-state index contributed by atoms with van der Waals surface area (Å²) < 4.78 is 0. The van der Waals surface area contributed by atoms with Crippen LogP contribution in [0, 0.1) is 5.41 Å². The lowest BCUT2D eigenvalue weighted by molar-refractivity contribution is 0.267. The van der Waals surface area contributed by atoms with Crippen LogP contribution in [0.15, 0.2) is 4.99 Å². The van der Waals surface area contributed by atoms with Crippen LogP contribution in [-0.2, 0) is 0 Å². The van der Waals surface area contributed by atoms with E-state index in [0.29, 0.717) is 5.41 Å². The van der Waals surface area contributed by atoms with Gasteiger partial charge in [-0.1, -0.05) is 32.5 Å². The van der Waals surface area contributed by atoms with E-state index in [2.05, 4.69) is 53.8 Å². The van der Waals surface area contributed by atoms with Gasteiger partial charge < -0.3 is 5.32 Å². The quantitative estimate of drug-likeness (QED) is 0.805. The molecule has 1 rings (SSSR count). The molecule has 0 spiro atoms. The fourth-order valence-corrected chi connectivity index (χ4v) is 3.94. The second kappa shape index (κ2) is 4.83. The summed E-state index contributed by atoms with van der Waals surface area (Å²) in [5.41, 5.74) is 0.550. The van der Waals surface area contributed by atoms with Crippen LogP contribution < -0.4 is 5.32 Å². The van der Waals surface area contributed by atoms with Gasteiger partial charge in [-0.3, -0.25) is 4.99 Å². The van der Waals surface area contributed by atoms with Gasteiger partial charge in [0, 0.05) is 11.3 Å². The van der Waals surface area contributed by atoms with Crippen LogP contribution in [0.5, 0.6) is 0 Å². The summed E-state index contributed by atoms with van der Waals surface area (Å²) >= 11 is 1.86. The largest absolute Gasteiger partial charge is 0.360 e. The highest BCUT2D eigenvalue weighted by atomic mass is 32.2. The van der Waals surface area contributed by atoms with Crippen LogP contribution in [0.3, 0.4) is 0 Å². The fourth-order valence-electron chi connectivity index (χ4n) is 2.48. The zero-order valence-electron chi connectivity index (χ0n) is 12.5. The van der Waals surface area contributed by atoms with Crippen molar-refractivity contribution in [3.63, 3.8) is 0 Å². The molecule has 0 aliphatic carbocycles. The van der Waals surface area contributed by atoms with Gasteiger partial charge in [-0.15, -0.1) is 0 Å². The maximum absolute atomic E-state index is 4.80. The van der Waals surface area contributed by atoms with Crippen LogP contribution >= 0.6 is 11.8 Å². The van der Waals surface area contributed by atoms with Gasteiger partial charge in [0.2, 0.25) is 0 Å². The molecule has 0 unspecified atom stereocenters. The maximum atomic E-state index is 4.80. The number of aliphatic imine (C=N–C) groups is 1. The summed E-state index contributed by atoms with van der Waals surface area (Å²) in [6.07, 6.45) is 2.31. The second-order valence-corrected chi connectivity index (χ2v) is 8.66. The first-order chi connectivity index (χ1) is 7.49. The minimum atomic E-state index is 0.103. The van der Waals surface area contributed by atoms with Crippen LogP contribution in [0.25, 0.3) is 0 Å². The first-order valence-corrected chi connectivity index (χ1v) is 7.49. The number of hydrogen-bond acceptors (Lipinski definition) is 3. The molecule has 1 aliphatic rings. The molecule has 0 aromatic carbocycles. The smallest absolute Gasteiger partial charge is 0.157 e. The third kappa shape index (κ3) is 5.80. The van der Waals surface area contributed by atoms with E-state index < -0.39 is 0 Å². The number of hydrogen-bond donors (Lipinski definition) is 1. The van der Waals surface area contributed by atoms with E-state index in [4.69, 9.17) is 4.99 Å². The van der Waals surface area contributed by atoms with Gasteiger partial charge in [-0.05, 0) is 46.0 Å². The lowest BCUT2D eigenvalue weighted by Gasteiger charge is -2.36. The van der Waals surface area contributed by atoms with Crippen LogP contribution in [0.1, 0.15) is 61.3 Å². The lowest BCUT2D eigenvalue weighted by Crippen LogP contribution is -2.46. The molecule has 0 saturated heterocycles. The minimum Gasteiger partial charge on any atom is -0.360 e. The highest BCUT2D eigenvalue weighted by molar-refractivity contribution is 8.13. The second-order valence-electron chi connectivity index (χ2n) is 7.57. The van der Waals surface area contributed by atoms with Crippen molar-refractivity contribution in [3.05, 3.63) is 0 Å². The van der Waals surface area contributed by atoms with Crippen molar-refractivity contribution in [3.8, 4) is 0 Å². The molecule has 100 valence electrons. The average molecular weight is 256 g/mol. The highest BCUT2D eigenvalue weighted by Crippen LogP contribution is 2.30. The zero-order chi connectivity index (χ0) is 13.3. The van der Waals surface area contributed by atoms with E-state index in [9.17, 15) is 0 Å². The van der Waals surface area contributed by atoms with Crippen molar-refractivity contribution in [2.75, 3.05) is 5.75 Å². The summed E-state index contributed by atoms with van der Waals surface area (Å²) in [5.74, 6) is 1.17. The third-order valence-corrected chi connectivity index (χ3v) is 3.65. The van der Waals surface area contributed by atoms with Gasteiger partial charge in [-0.25, -0.2) is 0 Å². The number of nitrogens with zero attached hydrogens (tertiary/aromatic N) is 1. The molecule has 3 heteroatoms. The first-order valence-electron chi connectivity index (χ1n) is 6.50. The number of thioether (sulfide) groups is 1. The molecule has 2 nitrogen and oxygen atoms in total. The summed E-state index contributed by atoms with van der Waals surface area (Å²) in [4.78, 5) is 4.80. The Morgan fingerprint density at radius 2 is 1.82 bits per heavy atom. The zero-order valence-corrected chi connectivity index (χ0v) is 13.3. The Kier molecular flexibility index (Phi) is 4.23. The molecule has 0 radical (unpaired) electrons. The molecule has 0 saturated carbocycles. The Labute approximate surface area is 111 Å². The minimum absolute atomic E-state index is 0.103. The molecule has 17 heavy (non-hydrogen) atoms. The molecular formula is C14H28N2S. The van der Waals surface area contributed by atoms with Crippen molar-refractivity contribution in [2.45, 2.75) is 72.4 Å². The maximum Gasteiger partial charge on any atom is 0.157 e. The van der Waals surface area contributed by atoms with Gasteiger partial charge in [-0.2, -0.15) is 0 Å². The Morgan fingerprint density at radius 1 is 1.24 bits per heavy atom. The third-order valence-electron chi connectivity index (χ3n) is 2.77. The summed E-state index contributed by atoms with van der Waals surface area (Å²) in [6, 6.07) is 0. The normalized spacial score (nSPS) is 21.0. The number of nitrogens with one attached hydrogen (secondary N) is 1.